The average Bonchev–Trinajstić information content (AvgIpc) is 3.71. The van der Waals surface area contributed by atoms with Crippen molar-refractivity contribution in [2.75, 3.05) is 24.7 Å². The van der Waals surface area contributed by atoms with Crippen LogP contribution in [-0.4, -0.2) is 92.5 Å². The van der Waals surface area contributed by atoms with E-state index in [4.69, 9.17) is 41.8 Å². The van der Waals surface area contributed by atoms with Crippen LogP contribution in [0.1, 0.15) is 24.4 Å². The molecule has 2 aliphatic heterocycles. The highest BCUT2D eigenvalue weighted by atomic mass is 32.7. The third kappa shape index (κ3) is 5.54. The summed E-state index contributed by atoms with van der Waals surface area (Å²) in [5.41, 5.74) is 10.0. The molecule has 6 rings (SSSR count). The van der Waals surface area contributed by atoms with Gasteiger partial charge in [0.05, 0.1) is 31.4 Å². The lowest BCUT2D eigenvalue weighted by Gasteiger charge is -2.29. The maximum absolute atomic E-state index is 15.7. The highest BCUT2D eigenvalue weighted by molar-refractivity contribution is 8.39. The highest BCUT2D eigenvalue weighted by Crippen LogP contribution is 2.59. The van der Waals surface area contributed by atoms with Gasteiger partial charge < -0.3 is 35.5 Å². The SMILES string of the molecule is Nc1nc2c(ncn2C2OC(CO)C(F)C2P(O)(=S)OCC2OC(c3cnc4c(N)ncnn34)CC2O[P+](=O)S)c(=O)[nH]1. The number of rotatable bonds is 9. The zero-order chi connectivity index (χ0) is 30.6. The molecule has 2 aliphatic rings. The summed E-state index contributed by atoms with van der Waals surface area (Å²) in [6.45, 7) is -5.28. The first-order chi connectivity index (χ1) is 20.5. The van der Waals surface area contributed by atoms with Gasteiger partial charge in [-0.1, -0.05) is 0 Å². The molecule has 0 radical (unpaired) electrons. The van der Waals surface area contributed by atoms with Gasteiger partial charge in [0.25, 0.3) is 5.56 Å². The van der Waals surface area contributed by atoms with Gasteiger partial charge in [-0.05, 0) is 16.4 Å². The fourth-order valence-electron chi connectivity index (χ4n) is 5.18. The molecule has 0 saturated carbocycles. The van der Waals surface area contributed by atoms with E-state index in [0.29, 0.717) is 11.3 Å². The Labute approximate surface area is 251 Å². The molecule has 0 aliphatic carbocycles. The maximum Gasteiger partial charge on any atom is 0.582 e. The number of anilines is 2. The molecule has 4 aromatic rings. The molecule has 9 atom stereocenters. The number of fused-ring (bicyclic) bond motifs is 2. The minimum Gasteiger partial charge on any atom is -0.394 e. The average molecular weight is 678 g/mol. The van der Waals surface area contributed by atoms with Crippen molar-refractivity contribution >= 4 is 66.4 Å². The van der Waals surface area contributed by atoms with E-state index in [0.717, 1.165) is 6.33 Å². The highest BCUT2D eigenvalue weighted by Gasteiger charge is 2.54. The van der Waals surface area contributed by atoms with E-state index < -0.39 is 75.0 Å². The van der Waals surface area contributed by atoms with Crippen LogP contribution in [0.4, 0.5) is 16.2 Å². The smallest absolute Gasteiger partial charge is 0.394 e. The largest absolute Gasteiger partial charge is 0.582 e. The first kappa shape index (κ1) is 30.3. The standard InChI is InChI=1S/C20H23FN10O8P2S2/c21-12-10(3-32)38-19(30-6-26-13-16(30)28-20(23)29-18(13)33)14(12)41(35,43)36-4-11-9(39-40(34)42)1-8(37-11)7-2-24-17-15(22)25-5-27-31(7)17/h2,5-6,8-12,14,19,32H,1,3-4H2,(H6-,22,23,25,27,28,29,33,34,35,42,43)/p+1. The Bertz CT molecular complexity index is 1810. The molecule has 23 heteroatoms. The number of aromatic amines is 1. The van der Waals surface area contributed by atoms with Crippen LogP contribution in [0.2, 0.25) is 0 Å². The Balaban J connectivity index is 1.26. The molecule has 230 valence electrons. The number of aromatic nitrogens is 8. The second-order valence-corrected chi connectivity index (χ2v) is 14.9. The quantitative estimate of drug-likeness (QED) is 0.102. The molecule has 2 fully saturated rings. The summed E-state index contributed by atoms with van der Waals surface area (Å²) in [5, 5.41) is 13.9. The first-order valence-corrected chi connectivity index (χ1v) is 17.6. The van der Waals surface area contributed by atoms with Crippen molar-refractivity contribution in [1.29, 1.82) is 0 Å². The van der Waals surface area contributed by atoms with Crippen LogP contribution in [-0.2, 0) is 34.9 Å². The van der Waals surface area contributed by atoms with Crippen LogP contribution >= 0.6 is 26.0 Å². The summed E-state index contributed by atoms with van der Waals surface area (Å²) in [7, 11) is -2.37. The number of alkyl halides is 1. The fraction of sp³-hybridized carbons (Fsp3) is 0.500. The van der Waals surface area contributed by atoms with Gasteiger partial charge in [-0.2, -0.15) is 10.1 Å². The number of nitrogens with one attached hydrogen (secondary N) is 1. The molecule has 0 amide bonds. The number of ether oxygens (including phenoxy) is 2. The first-order valence-electron chi connectivity index (χ1n) is 12.5. The number of hydrogen-bond donors (Lipinski definition) is 6. The third-order valence-corrected chi connectivity index (χ3v) is 10.7. The Morgan fingerprint density at radius 1 is 1.28 bits per heavy atom. The monoisotopic (exact) mass is 677 g/mol. The molecule has 2 saturated heterocycles. The summed E-state index contributed by atoms with van der Waals surface area (Å²) in [4.78, 5) is 42.2. The molecule has 9 unspecified atom stereocenters. The molecule has 18 nitrogen and oxygen atoms in total. The molecule has 6 heterocycles. The van der Waals surface area contributed by atoms with E-state index in [1.54, 1.807) is 0 Å². The number of aliphatic hydroxyl groups is 1. The van der Waals surface area contributed by atoms with Crippen molar-refractivity contribution in [2.24, 2.45) is 0 Å². The van der Waals surface area contributed by atoms with E-state index >= 15 is 4.39 Å². The Kier molecular flexibility index (Phi) is 8.22. The van der Waals surface area contributed by atoms with Gasteiger partial charge in [-0.3, -0.25) is 14.3 Å². The maximum atomic E-state index is 15.7. The lowest BCUT2D eigenvalue weighted by Crippen LogP contribution is -2.32. The number of hydrogen-bond acceptors (Lipinski definition) is 15. The van der Waals surface area contributed by atoms with Crippen LogP contribution < -0.4 is 17.0 Å². The van der Waals surface area contributed by atoms with Crippen molar-refractivity contribution in [2.45, 2.75) is 48.9 Å². The van der Waals surface area contributed by atoms with Gasteiger partial charge in [0.15, 0.2) is 35.3 Å². The Morgan fingerprint density at radius 2 is 2.07 bits per heavy atom. The van der Waals surface area contributed by atoms with Crippen LogP contribution in [0, 0.1) is 0 Å². The number of imidazole rings is 2. The Hall–Kier alpha value is -2.71. The van der Waals surface area contributed by atoms with Gasteiger partial charge in [0.2, 0.25) is 5.95 Å². The van der Waals surface area contributed by atoms with Gasteiger partial charge in [-0.25, -0.2) is 23.9 Å². The van der Waals surface area contributed by atoms with Crippen molar-refractivity contribution in [3.05, 3.63) is 34.9 Å². The number of aliphatic hydroxyl groups excluding tert-OH is 1. The lowest BCUT2D eigenvalue weighted by atomic mass is 10.1. The van der Waals surface area contributed by atoms with Gasteiger partial charge in [0, 0.05) is 6.42 Å². The van der Waals surface area contributed by atoms with E-state index in [9.17, 15) is 19.4 Å². The number of H-pyrrole nitrogens is 1. The molecular formula is C20H24FN10O8P2S2+. The van der Waals surface area contributed by atoms with Crippen LogP contribution in [0.5, 0.6) is 0 Å². The Morgan fingerprint density at radius 3 is 2.81 bits per heavy atom. The normalized spacial score (nSPS) is 29.4. The molecule has 0 bridgehead atoms. The number of nitrogens with zero attached hydrogens (tertiary/aromatic N) is 7. The minimum absolute atomic E-state index is 0.0532. The van der Waals surface area contributed by atoms with E-state index in [2.05, 4.69) is 42.3 Å². The molecule has 7 N–H and O–H groups in total. The van der Waals surface area contributed by atoms with E-state index in [1.807, 2.05) is 0 Å². The molecule has 0 aromatic carbocycles. The number of thiol groups is 1. The summed E-state index contributed by atoms with van der Waals surface area (Å²) >= 11 is 9.28. The predicted octanol–water partition coefficient (Wildman–Crippen LogP) is 0.139. The van der Waals surface area contributed by atoms with Crippen molar-refractivity contribution in [1.82, 2.24) is 39.1 Å². The molecule has 43 heavy (non-hydrogen) atoms. The van der Waals surface area contributed by atoms with Crippen molar-refractivity contribution in [3.8, 4) is 0 Å². The van der Waals surface area contributed by atoms with Crippen molar-refractivity contribution < 1.29 is 37.5 Å². The van der Waals surface area contributed by atoms with E-state index in [-0.39, 0.29) is 29.4 Å². The lowest BCUT2D eigenvalue weighted by molar-refractivity contribution is -0.0328. The summed E-state index contributed by atoms with van der Waals surface area (Å²) in [5.74, 6) is -0.0830. The van der Waals surface area contributed by atoms with Crippen molar-refractivity contribution in [3.63, 3.8) is 0 Å². The third-order valence-electron chi connectivity index (χ3n) is 7.11. The topological polar surface area (TPSA) is 253 Å². The second-order valence-electron chi connectivity index (χ2n) is 9.66. The summed E-state index contributed by atoms with van der Waals surface area (Å²) < 4.78 is 53.3. The summed E-state index contributed by atoms with van der Waals surface area (Å²) in [6.07, 6.45) is -3.15. The molecular weight excluding hydrogens is 653 g/mol. The van der Waals surface area contributed by atoms with Gasteiger partial charge >= 0.3 is 7.23 Å². The zero-order valence-electron chi connectivity index (χ0n) is 21.7. The zero-order valence-corrected chi connectivity index (χ0v) is 25.2. The molecule has 0 spiro atoms. The van der Waals surface area contributed by atoms with Crippen LogP contribution in [0.3, 0.4) is 0 Å². The molecule has 4 aromatic heterocycles. The van der Waals surface area contributed by atoms with Crippen LogP contribution in [0.25, 0.3) is 16.8 Å². The summed E-state index contributed by atoms with van der Waals surface area (Å²) in [6, 6.07) is 0. The number of halogens is 1. The minimum atomic E-state index is -4.14. The van der Waals surface area contributed by atoms with Gasteiger partial charge in [0.1, 0.15) is 54.8 Å². The van der Waals surface area contributed by atoms with Gasteiger partial charge in [-0.15, -0.1) is 4.52 Å². The van der Waals surface area contributed by atoms with E-state index in [1.165, 1.54) is 21.6 Å². The van der Waals surface area contributed by atoms with Crippen LogP contribution in [0.15, 0.2) is 23.6 Å². The second kappa shape index (κ2) is 11.7. The fourth-order valence-corrected chi connectivity index (χ4v) is 8.46. The predicted molar refractivity (Wildman–Crippen MR) is 154 cm³/mol. The number of nitrogens with two attached hydrogens (primary N) is 2. The number of nitrogen functional groups attached to an aromatic ring is 2.